The van der Waals surface area contributed by atoms with Crippen molar-refractivity contribution in [2.75, 3.05) is 25.5 Å². The minimum atomic E-state index is -0.254. The molecule has 1 saturated heterocycles. The number of amides is 3. The minimum absolute atomic E-state index is 0.0415. The van der Waals surface area contributed by atoms with Crippen molar-refractivity contribution in [1.82, 2.24) is 9.80 Å². The van der Waals surface area contributed by atoms with Gasteiger partial charge in [-0.2, -0.15) is 5.26 Å². The summed E-state index contributed by atoms with van der Waals surface area (Å²) in [6.45, 7) is 2.02. The maximum Gasteiger partial charge on any atom is 0.321 e. The van der Waals surface area contributed by atoms with Gasteiger partial charge in [-0.05, 0) is 54.8 Å². The molecule has 2 aromatic rings. The van der Waals surface area contributed by atoms with Gasteiger partial charge in [-0.25, -0.2) is 4.79 Å². The van der Waals surface area contributed by atoms with E-state index in [0.29, 0.717) is 23.4 Å². The van der Waals surface area contributed by atoms with Crippen LogP contribution in [-0.2, 0) is 6.54 Å². The second-order valence-electron chi connectivity index (χ2n) is 6.68. The fourth-order valence-corrected chi connectivity index (χ4v) is 3.10. The van der Waals surface area contributed by atoms with Crippen molar-refractivity contribution in [3.63, 3.8) is 0 Å². The van der Waals surface area contributed by atoms with Gasteiger partial charge < -0.3 is 15.1 Å². The number of likely N-dealkylation sites (tertiary alicyclic amines) is 1. The molecule has 0 saturated carbocycles. The van der Waals surface area contributed by atoms with E-state index in [0.717, 1.165) is 31.5 Å². The molecule has 6 nitrogen and oxygen atoms in total. The predicted octanol–water partition coefficient (Wildman–Crippen LogP) is 3.46. The SMILES string of the molecule is CN(Cc1cccc(C#N)c1)C(=O)Nc1ccc(C(=O)N2CCCC2)cc1. The van der Waals surface area contributed by atoms with Crippen LogP contribution >= 0.6 is 0 Å². The molecule has 3 amide bonds. The molecule has 1 heterocycles. The van der Waals surface area contributed by atoms with Gasteiger partial charge in [-0.3, -0.25) is 4.79 Å². The average molecular weight is 362 g/mol. The first-order valence-corrected chi connectivity index (χ1v) is 8.97. The van der Waals surface area contributed by atoms with E-state index in [9.17, 15) is 9.59 Å². The van der Waals surface area contributed by atoms with E-state index in [4.69, 9.17) is 5.26 Å². The van der Waals surface area contributed by atoms with Gasteiger partial charge in [0.2, 0.25) is 0 Å². The normalized spacial score (nSPS) is 13.1. The lowest BCUT2D eigenvalue weighted by Gasteiger charge is -2.19. The van der Waals surface area contributed by atoms with Gasteiger partial charge in [-0.15, -0.1) is 0 Å². The fraction of sp³-hybridized carbons (Fsp3) is 0.286. The molecule has 6 heteroatoms. The van der Waals surface area contributed by atoms with Gasteiger partial charge in [0.15, 0.2) is 0 Å². The summed E-state index contributed by atoms with van der Waals surface area (Å²) in [7, 11) is 1.69. The van der Waals surface area contributed by atoms with E-state index in [1.807, 2.05) is 11.0 Å². The lowest BCUT2D eigenvalue weighted by Crippen LogP contribution is -2.31. The van der Waals surface area contributed by atoms with Crippen molar-refractivity contribution < 1.29 is 9.59 Å². The Morgan fingerprint density at radius 1 is 1.15 bits per heavy atom. The van der Waals surface area contributed by atoms with Gasteiger partial charge in [-0.1, -0.05) is 12.1 Å². The Hall–Kier alpha value is -3.33. The van der Waals surface area contributed by atoms with Crippen molar-refractivity contribution in [3.8, 4) is 6.07 Å². The number of carbonyl (C=O) groups excluding carboxylic acids is 2. The van der Waals surface area contributed by atoms with E-state index in [2.05, 4.69) is 11.4 Å². The van der Waals surface area contributed by atoms with Gasteiger partial charge in [0.05, 0.1) is 11.6 Å². The molecule has 2 aromatic carbocycles. The second-order valence-corrected chi connectivity index (χ2v) is 6.68. The van der Waals surface area contributed by atoms with Gasteiger partial charge >= 0.3 is 6.03 Å². The molecule has 0 bridgehead atoms. The molecular weight excluding hydrogens is 340 g/mol. The lowest BCUT2D eigenvalue weighted by molar-refractivity contribution is 0.0793. The highest BCUT2D eigenvalue weighted by Gasteiger charge is 2.19. The highest BCUT2D eigenvalue weighted by atomic mass is 16.2. The number of urea groups is 1. The van der Waals surface area contributed by atoms with Crippen LogP contribution in [0.15, 0.2) is 48.5 Å². The molecule has 0 spiro atoms. The minimum Gasteiger partial charge on any atom is -0.339 e. The van der Waals surface area contributed by atoms with Crippen molar-refractivity contribution in [2.24, 2.45) is 0 Å². The first-order valence-electron chi connectivity index (χ1n) is 8.97. The second kappa shape index (κ2) is 8.37. The Bertz CT molecular complexity index is 864. The number of rotatable bonds is 4. The molecule has 0 radical (unpaired) electrons. The average Bonchev–Trinajstić information content (AvgIpc) is 3.23. The molecule has 1 aliphatic rings. The first kappa shape index (κ1) is 18.5. The van der Waals surface area contributed by atoms with Crippen LogP contribution in [0.4, 0.5) is 10.5 Å². The summed E-state index contributed by atoms with van der Waals surface area (Å²) in [4.78, 5) is 28.1. The summed E-state index contributed by atoms with van der Waals surface area (Å²) >= 11 is 0. The van der Waals surface area contributed by atoms with E-state index in [-0.39, 0.29) is 11.9 Å². The molecule has 0 aromatic heterocycles. The Morgan fingerprint density at radius 3 is 2.52 bits per heavy atom. The zero-order valence-electron chi connectivity index (χ0n) is 15.3. The molecule has 27 heavy (non-hydrogen) atoms. The Balaban J connectivity index is 1.58. The van der Waals surface area contributed by atoms with Gasteiger partial charge in [0.1, 0.15) is 0 Å². The van der Waals surface area contributed by atoms with E-state index in [1.54, 1.807) is 54.4 Å². The summed E-state index contributed by atoms with van der Waals surface area (Å²) < 4.78 is 0. The monoisotopic (exact) mass is 362 g/mol. The van der Waals surface area contributed by atoms with Gasteiger partial charge in [0, 0.05) is 37.9 Å². The molecule has 0 aliphatic carbocycles. The largest absolute Gasteiger partial charge is 0.339 e. The number of nitrogens with one attached hydrogen (secondary N) is 1. The third-order valence-corrected chi connectivity index (χ3v) is 4.60. The summed E-state index contributed by atoms with van der Waals surface area (Å²) in [6, 6.07) is 16.0. The summed E-state index contributed by atoms with van der Waals surface area (Å²) in [5, 5.41) is 11.8. The third kappa shape index (κ3) is 4.64. The predicted molar refractivity (Wildman–Crippen MR) is 103 cm³/mol. The quantitative estimate of drug-likeness (QED) is 0.905. The number of nitrogens with zero attached hydrogens (tertiary/aromatic N) is 3. The van der Waals surface area contributed by atoms with Crippen LogP contribution in [0.1, 0.15) is 34.3 Å². The third-order valence-electron chi connectivity index (χ3n) is 4.60. The molecule has 1 aliphatic heterocycles. The van der Waals surface area contributed by atoms with Crippen molar-refractivity contribution in [1.29, 1.82) is 5.26 Å². The van der Waals surface area contributed by atoms with E-state index < -0.39 is 0 Å². The van der Waals surface area contributed by atoms with Crippen molar-refractivity contribution in [3.05, 3.63) is 65.2 Å². The Labute approximate surface area is 159 Å². The van der Waals surface area contributed by atoms with Crippen LogP contribution < -0.4 is 5.32 Å². The van der Waals surface area contributed by atoms with Crippen LogP contribution in [0.2, 0.25) is 0 Å². The molecule has 1 fully saturated rings. The maximum absolute atomic E-state index is 12.4. The zero-order chi connectivity index (χ0) is 19.2. The first-order chi connectivity index (χ1) is 13.1. The molecule has 0 atom stereocenters. The molecular formula is C21H22N4O2. The smallest absolute Gasteiger partial charge is 0.321 e. The van der Waals surface area contributed by atoms with Crippen LogP contribution in [0.5, 0.6) is 0 Å². The van der Waals surface area contributed by atoms with Crippen LogP contribution in [0, 0.1) is 11.3 Å². The molecule has 1 N–H and O–H groups in total. The Morgan fingerprint density at radius 2 is 1.85 bits per heavy atom. The van der Waals surface area contributed by atoms with Crippen molar-refractivity contribution in [2.45, 2.75) is 19.4 Å². The number of nitriles is 1. The number of hydrogen-bond acceptors (Lipinski definition) is 3. The van der Waals surface area contributed by atoms with Crippen LogP contribution in [0.3, 0.4) is 0 Å². The molecule has 0 unspecified atom stereocenters. The molecule has 3 rings (SSSR count). The number of hydrogen-bond donors (Lipinski definition) is 1. The number of carbonyl (C=O) groups is 2. The molecule has 138 valence electrons. The summed E-state index contributed by atoms with van der Waals surface area (Å²) in [5.74, 6) is 0.0415. The van der Waals surface area contributed by atoms with Crippen LogP contribution in [-0.4, -0.2) is 41.9 Å². The lowest BCUT2D eigenvalue weighted by atomic mass is 10.1. The highest BCUT2D eigenvalue weighted by molar-refractivity contribution is 5.95. The highest BCUT2D eigenvalue weighted by Crippen LogP contribution is 2.16. The maximum atomic E-state index is 12.4. The van der Waals surface area contributed by atoms with Crippen molar-refractivity contribution >= 4 is 17.6 Å². The fourth-order valence-electron chi connectivity index (χ4n) is 3.10. The summed E-state index contributed by atoms with van der Waals surface area (Å²) in [5.41, 5.74) is 2.73. The zero-order valence-corrected chi connectivity index (χ0v) is 15.3. The summed E-state index contributed by atoms with van der Waals surface area (Å²) in [6.07, 6.45) is 2.12. The van der Waals surface area contributed by atoms with E-state index >= 15 is 0 Å². The number of anilines is 1. The van der Waals surface area contributed by atoms with E-state index in [1.165, 1.54) is 0 Å². The standard InChI is InChI=1S/C21H22N4O2/c1-24(15-17-6-4-5-16(13-17)14-22)21(27)23-19-9-7-18(8-10-19)20(26)25-11-2-3-12-25/h4-10,13H,2-3,11-12,15H2,1H3,(H,23,27). The Kier molecular flexibility index (Phi) is 5.72. The topological polar surface area (TPSA) is 76.4 Å². The number of benzene rings is 2. The van der Waals surface area contributed by atoms with Crippen LogP contribution in [0.25, 0.3) is 0 Å². The van der Waals surface area contributed by atoms with Gasteiger partial charge in [0.25, 0.3) is 5.91 Å².